The van der Waals surface area contributed by atoms with E-state index in [2.05, 4.69) is 21.0 Å². The lowest BCUT2D eigenvalue weighted by atomic mass is 10.1. The van der Waals surface area contributed by atoms with Crippen LogP contribution in [0.25, 0.3) is 10.9 Å². The fourth-order valence-electron chi connectivity index (χ4n) is 3.61. The number of methoxy groups -OCH3 is 1. The Balaban J connectivity index is 1.78. The molecule has 7 nitrogen and oxygen atoms in total. The van der Waals surface area contributed by atoms with Crippen molar-refractivity contribution in [1.82, 2.24) is 4.98 Å². The molecule has 4 rings (SSSR count). The SMILES string of the molecule is C=CCC(=O)Oc1c(C)c(CC)nc2cc(OC)c(Oc3ccc4c(c3)OC(F)(F)C(F)(F)O4)cc12. The lowest BCUT2D eigenvalue weighted by Gasteiger charge is -2.31. The molecular formula is C25H21F4NO6. The molecule has 0 fully saturated rings. The smallest absolute Gasteiger partial charge is 0.493 e. The van der Waals surface area contributed by atoms with Gasteiger partial charge in [0.1, 0.15) is 11.5 Å². The number of hydrogen-bond donors (Lipinski definition) is 0. The third-order valence-electron chi connectivity index (χ3n) is 5.38. The summed E-state index contributed by atoms with van der Waals surface area (Å²) in [6.07, 6.45) is -7.71. The maximum atomic E-state index is 13.6. The van der Waals surface area contributed by atoms with E-state index in [1.165, 1.54) is 25.3 Å². The zero-order chi connectivity index (χ0) is 26.3. The summed E-state index contributed by atoms with van der Waals surface area (Å²) in [5.74, 6) is -1.14. The third kappa shape index (κ3) is 4.48. The molecule has 2 aromatic carbocycles. The first-order valence-corrected chi connectivity index (χ1v) is 10.8. The average Bonchev–Trinajstić information content (AvgIpc) is 2.81. The lowest BCUT2D eigenvalue weighted by Crippen LogP contribution is -2.52. The largest absolute Gasteiger partial charge is 0.507 e. The Labute approximate surface area is 203 Å². The third-order valence-corrected chi connectivity index (χ3v) is 5.38. The number of carbonyl (C=O) groups excluding carboxylic acids is 1. The molecule has 0 bridgehead atoms. The average molecular weight is 507 g/mol. The predicted molar refractivity (Wildman–Crippen MR) is 121 cm³/mol. The van der Waals surface area contributed by atoms with Gasteiger partial charge in [-0.25, -0.2) is 0 Å². The zero-order valence-corrected chi connectivity index (χ0v) is 19.5. The zero-order valence-electron chi connectivity index (χ0n) is 19.5. The Morgan fingerprint density at radius 3 is 2.42 bits per heavy atom. The molecule has 0 N–H and O–H groups in total. The molecule has 0 saturated carbocycles. The number of halogens is 4. The maximum Gasteiger partial charge on any atom is 0.507 e. The molecule has 1 aliphatic heterocycles. The van der Waals surface area contributed by atoms with Crippen LogP contribution < -0.4 is 23.7 Å². The van der Waals surface area contributed by atoms with Gasteiger partial charge in [0, 0.05) is 28.8 Å². The van der Waals surface area contributed by atoms with Crippen LogP contribution in [0, 0.1) is 6.92 Å². The molecule has 0 aliphatic carbocycles. The van der Waals surface area contributed by atoms with Crippen molar-refractivity contribution in [3.05, 3.63) is 54.2 Å². The van der Waals surface area contributed by atoms with Gasteiger partial charge in [0.2, 0.25) is 0 Å². The first kappa shape index (κ1) is 25.1. The number of esters is 1. The summed E-state index contributed by atoms with van der Waals surface area (Å²) in [4.78, 5) is 16.8. The molecular weight excluding hydrogens is 486 g/mol. The number of ether oxygens (including phenoxy) is 5. The molecule has 0 radical (unpaired) electrons. The van der Waals surface area contributed by atoms with E-state index in [9.17, 15) is 22.4 Å². The molecule has 1 aromatic heterocycles. The Kier molecular flexibility index (Phi) is 6.42. The molecule has 0 saturated heterocycles. The van der Waals surface area contributed by atoms with Crippen LogP contribution in [0.15, 0.2) is 43.0 Å². The second kappa shape index (κ2) is 9.21. The highest BCUT2D eigenvalue weighted by Gasteiger charge is 2.66. The van der Waals surface area contributed by atoms with Gasteiger partial charge in [-0.05, 0) is 31.5 Å². The van der Waals surface area contributed by atoms with Crippen molar-refractivity contribution in [2.24, 2.45) is 0 Å². The van der Waals surface area contributed by atoms with Gasteiger partial charge in [-0.2, -0.15) is 17.6 Å². The highest BCUT2D eigenvalue weighted by atomic mass is 19.3. The van der Waals surface area contributed by atoms with E-state index >= 15 is 0 Å². The second-order valence-corrected chi connectivity index (χ2v) is 7.80. The number of nitrogens with zero attached hydrogens (tertiary/aromatic N) is 1. The first-order valence-electron chi connectivity index (χ1n) is 10.8. The number of benzene rings is 2. The van der Waals surface area contributed by atoms with Gasteiger partial charge >= 0.3 is 18.2 Å². The number of fused-ring (bicyclic) bond motifs is 2. The Morgan fingerprint density at radius 2 is 1.78 bits per heavy atom. The van der Waals surface area contributed by atoms with Crippen molar-refractivity contribution in [2.75, 3.05) is 7.11 Å². The van der Waals surface area contributed by atoms with Crippen molar-refractivity contribution in [3.8, 4) is 34.5 Å². The van der Waals surface area contributed by atoms with Gasteiger partial charge in [0.25, 0.3) is 0 Å². The quantitative estimate of drug-likeness (QED) is 0.210. The Morgan fingerprint density at radius 1 is 1.08 bits per heavy atom. The van der Waals surface area contributed by atoms with Crippen LogP contribution >= 0.6 is 0 Å². The van der Waals surface area contributed by atoms with Gasteiger partial charge in [-0.1, -0.05) is 13.0 Å². The Hall–Kier alpha value is -4.02. The van der Waals surface area contributed by atoms with E-state index in [0.29, 0.717) is 28.6 Å². The standard InChI is InChI=1S/C25H21F4NO6/c1-5-7-22(31)34-23-13(3)16(6-2)30-17-12-19(32-4)20(11-15(17)23)33-14-8-9-18-21(10-14)36-25(28,29)24(26,27)35-18/h5,8-12H,1,6-7H2,2-4H3. The van der Waals surface area contributed by atoms with E-state index < -0.39 is 29.7 Å². The van der Waals surface area contributed by atoms with Gasteiger partial charge in [-0.15, -0.1) is 6.58 Å². The minimum atomic E-state index is -4.87. The van der Waals surface area contributed by atoms with Crippen molar-refractivity contribution in [2.45, 2.75) is 38.9 Å². The molecule has 11 heteroatoms. The van der Waals surface area contributed by atoms with E-state index in [4.69, 9.17) is 14.2 Å². The molecule has 3 aromatic rings. The predicted octanol–water partition coefficient (Wildman–Crippen LogP) is 6.34. The molecule has 0 spiro atoms. The van der Waals surface area contributed by atoms with Crippen LogP contribution in [0.2, 0.25) is 0 Å². The summed E-state index contributed by atoms with van der Waals surface area (Å²) in [7, 11) is 1.39. The minimum absolute atomic E-state index is 0.00883. The van der Waals surface area contributed by atoms with Crippen molar-refractivity contribution >= 4 is 16.9 Å². The number of aryl methyl sites for hydroxylation is 1. The van der Waals surface area contributed by atoms with Gasteiger partial charge in [-0.3, -0.25) is 9.78 Å². The fourth-order valence-corrected chi connectivity index (χ4v) is 3.61. The van der Waals surface area contributed by atoms with E-state index in [1.807, 2.05) is 6.92 Å². The van der Waals surface area contributed by atoms with Crippen LogP contribution in [0.5, 0.6) is 34.5 Å². The number of alkyl halides is 4. The highest BCUT2D eigenvalue weighted by Crippen LogP contribution is 2.49. The van der Waals surface area contributed by atoms with Crippen LogP contribution in [0.3, 0.4) is 0 Å². The molecule has 190 valence electrons. The van der Waals surface area contributed by atoms with Crippen molar-refractivity contribution in [1.29, 1.82) is 0 Å². The summed E-state index contributed by atoms with van der Waals surface area (Å²) in [5.41, 5.74) is 1.83. The first-order chi connectivity index (χ1) is 17.0. The lowest BCUT2D eigenvalue weighted by molar-refractivity contribution is -0.391. The number of hydrogen-bond acceptors (Lipinski definition) is 7. The van der Waals surface area contributed by atoms with Gasteiger partial charge in [0.15, 0.2) is 23.0 Å². The van der Waals surface area contributed by atoms with E-state index in [0.717, 1.165) is 12.1 Å². The molecule has 36 heavy (non-hydrogen) atoms. The molecule has 0 amide bonds. The maximum absolute atomic E-state index is 13.6. The van der Waals surface area contributed by atoms with Crippen LogP contribution in [-0.4, -0.2) is 30.3 Å². The minimum Gasteiger partial charge on any atom is -0.493 e. The summed E-state index contributed by atoms with van der Waals surface area (Å²) >= 11 is 0. The summed E-state index contributed by atoms with van der Waals surface area (Å²) < 4.78 is 79.2. The van der Waals surface area contributed by atoms with Crippen LogP contribution in [0.1, 0.15) is 24.6 Å². The van der Waals surface area contributed by atoms with Crippen molar-refractivity contribution in [3.63, 3.8) is 0 Å². The highest BCUT2D eigenvalue weighted by molar-refractivity contribution is 5.92. The topological polar surface area (TPSA) is 76.1 Å². The normalized spacial score (nSPS) is 15.3. The number of pyridine rings is 1. The molecule has 0 atom stereocenters. The number of rotatable bonds is 7. The summed E-state index contributed by atoms with van der Waals surface area (Å²) in [6, 6.07) is 6.32. The summed E-state index contributed by atoms with van der Waals surface area (Å²) in [6.45, 7) is 7.21. The van der Waals surface area contributed by atoms with E-state index in [1.54, 1.807) is 13.0 Å². The van der Waals surface area contributed by atoms with Crippen LogP contribution in [-0.2, 0) is 11.2 Å². The molecule has 2 heterocycles. The molecule has 0 unspecified atom stereocenters. The van der Waals surface area contributed by atoms with E-state index in [-0.39, 0.29) is 29.4 Å². The van der Waals surface area contributed by atoms with Crippen molar-refractivity contribution < 1.29 is 46.0 Å². The summed E-state index contributed by atoms with van der Waals surface area (Å²) in [5, 5.41) is 0.432. The Bertz CT molecular complexity index is 1360. The van der Waals surface area contributed by atoms with Gasteiger partial charge < -0.3 is 23.7 Å². The monoisotopic (exact) mass is 507 g/mol. The number of carbonyl (C=O) groups is 1. The second-order valence-electron chi connectivity index (χ2n) is 7.80. The van der Waals surface area contributed by atoms with Crippen LogP contribution in [0.4, 0.5) is 17.6 Å². The van der Waals surface area contributed by atoms with Gasteiger partial charge in [0.05, 0.1) is 19.0 Å². The molecule has 1 aliphatic rings. The number of aromatic nitrogens is 1. The fraction of sp³-hybridized carbons (Fsp3) is 0.280.